The molecule has 1 atom stereocenters. The number of ether oxygens (including phenoxy) is 1. The second-order valence-electron chi connectivity index (χ2n) is 7.63. The average molecular weight is 424 g/mol. The molecule has 0 aromatic heterocycles. The number of carbonyl (C=O) groups is 3. The Morgan fingerprint density at radius 3 is 2.23 bits per heavy atom. The fourth-order valence-electron chi connectivity index (χ4n) is 3.87. The predicted molar refractivity (Wildman–Crippen MR) is 117 cm³/mol. The van der Waals surface area contributed by atoms with Gasteiger partial charge in [0, 0.05) is 31.3 Å². The molecule has 1 aliphatic carbocycles. The lowest BCUT2D eigenvalue weighted by Gasteiger charge is -2.18. The van der Waals surface area contributed by atoms with Crippen molar-refractivity contribution < 1.29 is 24.2 Å². The SMILES string of the molecule is CC[C@H](CC(=O)NCCCC(=O)O)NC(=O)OCC1c2ccccc2-c2ccccc21. The molecular weight excluding hydrogens is 396 g/mol. The molecule has 7 heteroatoms. The van der Waals surface area contributed by atoms with Gasteiger partial charge in [0.1, 0.15) is 6.61 Å². The molecule has 2 aromatic carbocycles. The number of alkyl carbamates (subject to hydrolysis) is 1. The maximum Gasteiger partial charge on any atom is 0.407 e. The van der Waals surface area contributed by atoms with E-state index in [9.17, 15) is 14.4 Å². The van der Waals surface area contributed by atoms with E-state index in [0.29, 0.717) is 19.4 Å². The van der Waals surface area contributed by atoms with E-state index in [2.05, 4.69) is 34.9 Å². The van der Waals surface area contributed by atoms with Crippen LogP contribution < -0.4 is 10.6 Å². The first-order valence-electron chi connectivity index (χ1n) is 10.6. The molecule has 2 amide bonds. The number of hydrogen-bond donors (Lipinski definition) is 3. The molecule has 0 aliphatic heterocycles. The molecule has 1 aliphatic rings. The Hall–Kier alpha value is -3.35. The average Bonchev–Trinajstić information content (AvgIpc) is 3.08. The summed E-state index contributed by atoms with van der Waals surface area (Å²) < 4.78 is 5.53. The van der Waals surface area contributed by atoms with Gasteiger partial charge < -0.3 is 20.5 Å². The van der Waals surface area contributed by atoms with Crippen LogP contribution in [0, 0.1) is 0 Å². The summed E-state index contributed by atoms with van der Waals surface area (Å²) in [5.74, 6) is -1.13. The minimum atomic E-state index is -0.891. The Morgan fingerprint density at radius 1 is 1.03 bits per heavy atom. The number of fused-ring (bicyclic) bond motifs is 3. The molecule has 0 saturated carbocycles. The molecule has 3 rings (SSSR count). The van der Waals surface area contributed by atoms with E-state index >= 15 is 0 Å². The second kappa shape index (κ2) is 10.6. The van der Waals surface area contributed by atoms with Crippen LogP contribution in [0.1, 0.15) is 49.7 Å². The number of aliphatic carboxylic acids is 1. The normalized spacial score (nSPS) is 13.1. The van der Waals surface area contributed by atoms with Crippen molar-refractivity contribution in [2.75, 3.05) is 13.2 Å². The van der Waals surface area contributed by atoms with Gasteiger partial charge in [-0.15, -0.1) is 0 Å². The summed E-state index contributed by atoms with van der Waals surface area (Å²) in [6, 6.07) is 15.9. The van der Waals surface area contributed by atoms with E-state index in [0.717, 1.165) is 22.3 Å². The van der Waals surface area contributed by atoms with Gasteiger partial charge in [0.05, 0.1) is 0 Å². The zero-order chi connectivity index (χ0) is 22.2. The van der Waals surface area contributed by atoms with Crippen molar-refractivity contribution in [3.63, 3.8) is 0 Å². The fourth-order valence-corrected chi connectivity index (χ4v) is 3.87. The molecule has 31 heavy (non-hydrogen) atoms. The summed E-state index contributed by atoms with van der Waals surface area (Å²) in [6.07, 6.45) is 0.528. The second-order valence-corrected chi connectivity index (χ2v) is 7.63. The maximum atomic E-state index is 12.4. The summed E-state index contributed by atoms with van der Waals surface area (Å²) in [7, 11) is 0. The molecule has 7 nitrogen and oxygen atoms in total. The topological polar surface area (TPSA) is 105 Å². The molecule has 0 bridgehead atoms. The van der Waals surface area contributed by atoms with Gasteiger partial charge in [0.25, 0.3) is 0 Å². The van der Waals surface area contributed by atoms with Crippen molar-refractivity contribution in [2.45, 2.75) is 44.6 Å². The predicted octanol–water partition coefficient (Wildman–Crippen LogP) is 3.67. The number of benzene rings is 2. The van der Waals surface area contributed by atoms with Crippen LogP contribution >= 0.6 is 0 Å². The van der Waals surface area contributed by atoms with Crippen LogP contribution in [0.3, 0.4) is 0 Å². The molecular formula is C24H28N2O5. The Morgan fingerprint density at radius 2 is 1.65 bits per heavy atom. The van der Waals surface area contributed by atoms with E-state index in [1.165, 1.54) is 0 Å². The van der Waals surface area contributed by atoms with Crippen molar-refractivity contribution >= 4 is 18.0 Å². The number of rotatable bonds is 10. The van der Waals surface area contributed by atoms with Gasteiger partial charge in [0.2, 0.25) is 5.91 Å². The largest absolute Gasteiger partial charge is 0.481 e. The molecule has 0 unspecified atom stereocenters. The van der Waals surface area contributed by atoms with Crippen molar-refractivity contribution in [1.82, 2.24) is 10.6 Å². The smallest absolute Gasteiger partial charge is 0.407 e. The fraction of sp³-hybridized carbons (Fsp3) is 0.375. The van der Waals surface area contributed by atoms with Crippen LogP contribution in [-0.4, -0.2) is 42.3 Å². The molecule has 0 radical (unpaired) electrons. The van der Waals surface area contributed by atoms with Gasteiger partial charge in [0.15, 0.2) is 0 Å². The van der Waals surface area contributed by atoms with E-state index in [1.807, 2.05) is 31.2 Å². The first-order chi connectivity index (χ1) is 15.0. The van der Waals surface area contributed by atoms with E-state index in [1.54, 1.807) is 0 Å². The number of carbonyl (C=O) groups excluding carboxylic acids is 2. The van der Waals surface area contributed by atoms with Gasteiger partial charge in [-0.2, -0.15) is 0 Å². The van der Waals surface area contributed by atoms with Crippen LogP contribution in [-0.2, 0) is 14.3 Å². The zero-order valence-electron chi connectivity index (χ0n) is 17.6. The summed E-state index contributed by atoms with van der Waals surface area (Å²) in [5.41, 5.74) is 4.62. The molecule has 0 fully saturated rings. The van der Waals surface area contributed by atoms with Gasteiger partial charge >= 0.3 is 12.1 Å². The van der Waals surface area contributed by atoms with E-state index in [4.69, 9.17) is 9.84 Å². The lowest BCUT2D eigenvalue weighted by molar-refractivity contribution is -0.137. The van der Waals surface area contributed by atoms with Crippen LogP contribution in [0.2, 0.25) is 0 Å². The number of carboxylic acids is 1. The lowest BCUT2D eigenvalue weighted by atomic mass is 9.98. The van der Waals surface area contributed by atoms with Gasteiger partial charge in [-0.25, -0.2) is 4.79 Å². The Balaban J connectivity index is 1.50. The third kappa shape index (κ3) is 5.84. The van der Waals surface area contributed by atoms with Crippen LogP contribution in [0.5, 0.6) is 0 Å². The summed E-state index contributed by atoms with van der Waals surface area (Å²) in [4.78, 5) is 34.9. The number of hydrogen-bond acceptors (Lipinski definition) is 4. The first-order valence-corrected chi connectivity index (χ1v) is 10.6. The number of carboxylic acid groups (broad SMARTS) is 1. The summed E-state index contributed by atoms with van der Waals surface area (Å²) in [6.45, 7) is 2.40. The molecule has 3 N–H and O–H groups in total. The standard InChI is InChI=1S/C24H28N2O5/c1-2-16(14-22(27)25-13-7-12-23(28)29)26-24(30)31-15-21-19-10-5-3-8-17(19)18-9-4-6-11-20(18)21/h3-6,8-11,16,21H,2,7,12-15H2,1H3,(H,25,27)(H,26,30)(H,28,29)/t16-/m1/s1. The molecule has 0 spiro atoms. The van der Waals surface area contributed by atoms with Gasteiger partial charge in [-0.05, 0) is 35.1 Å². The summed E-state index contributed by atoms with van der Waals surface area (Å²) in [5, 5.41) is 14.1. The maximum absolute atomic E-state index is 12.4. The highest BCUT2D eigenvalue weighted by molar-refractivity contribution is 5.79. The molecule has 164 valence electrons. The van der Waals surface area contributed by atoms with Crippen LogP contribution in [0.15, 0.2) is 48.5 Å². The third-order valence-corrected chi connectivity index (χ3v) is 5.48. The molecule has 2 aromatic rings. The van der Waals surface area contributed by atoms with Crippen molar-refractivity contribution in [3.05, 3.63) is 59.7 Å². The highest BCUT2D eigenvalue weighted by Crippen LogP contribution is 2.44. The van der Waals surface area contributed by atoms with Crippen LogP contribution in [0.4, 0.5) is 4.79 Å². The lowest BCUT2D eigenvalue weighted by Crippen LogP contribution is -2.39. The van der Waals surface area contributed by atoms with E-state index < -0.39 is 12.1 Å². The molecule has 0 saturated heterocycles. The first kappa shape index (κ1) is 22.3. The molecule has 0 heterocycles. The highest BCUT2D eigenvalue weighted by Gasteiger charge is 2.29. The minimum Gasteiger partial charge on any atom is -0.481 e. The van der Waals surface area contributed by atoms with Gasteiger partial charge in [-0.3, -0.25) is 9.59 Å². The monoisotopic (exact) mass is 424 g/mol. The third-order valence-electron chi connectivity index (χ3n) is 5.48. The Kier molecular flexibility index (Phi) is 7.65. The highest BCUT2D eigenvalue weighted by atomic mass is 16.5. The quantitative estimate of drug-likeness (QED) is 0.505. The van der Waals surface area contributed by atoms with Crippen LogP contribution in [0.25, 0.3) is 11.1 Å². The minimum absolute atomic E-state index is 0.00941. The van der Waals surface area contributed by atoms with Crippen molar-refractivity contribution in [2.24, 2.45) is 0 Å². The number of amides is 2. The van der Waals surface area contributed by atoms with E-state index in [-0.39, 0.29) is 37.3 Å². The van der Waals surface area contributed by atoms with Crippen molar-refractivity contribution in [3.8, 4) is 11.1 Å². The Labute approximate surface area is 181 Å². The number of nitrogens with one attached hydrogen (secondary N) is 2. The van der Waals surface area contributed by atoms with Crippen molar-refractivity contribution in [1.29, 1.82) is 0 Å². The van der Waals surface area contributed by atoms with Gasteiger partial charge in [-0.1, -0.05) is 55.5 Å². The summed E-state index contributed by atoms with van der Waals surface area (Å²) >= 11 is 0. The zero-order valence-corrected chi connectivity index (χ0v) is 17.6. The Bertz CT molecular complexity index is 898.